The lowest BCUT2D eigenvalue weighted by Gasteiger charge is -2.14. The molecule has 2 N–H and O–H groups in total. The second-order valence-corrected chi connectivity index (χ2v) is 3.56. The van der Waals surface area contributed by atoms with Gasteiger partial charge in [-0.05, 0) is 25.7 Å². The van der Waals surface area contributed by atoms with Gasteiger partial charge >= 0.3 is 5.97 Å². The second kappa shape index (κ2) is 4.58. The fourth-order valence-corrected chi connectivity index (χ4v) is 1.21. The van der Waals surface area contributed by atoms with E-state index in [4.69, 9.17) is 0 Å². The summed E-state index contributed by atoms with van der Waals surface area (Å²) in [6.07, 6.45) is 1.90. The number of carbonyl (C=O) groups is 1. The molecule has 76 valence electrons. The monoisotopic (exact) mass is 187 g/mol. The highest BCUT2D eigenvalue weighted by Crippen LogP contribution is 2.32. The number of aliphatic hydroxyl groups excluding tert-OH is 1. The molecule has 0 aliphatic heterocycles. The highest BCUT2D eigenvalue weighted by atomic mass is 16.5. The third-order valence-electron chi connectivity index (χ3n) is 2.35. The Morgan fingerprint density at radius 2 is 2.31 bits per heavy atom. The average Bonchev–Trinajstić information content (AvgIpc) is 2.95. The third kappa shape index (κ3) is 3.32. The average molecular weight is 187 g/mol. The van der Waals surface area contributed by atoms with E-state index in [1.807, 2.05) is 0 Å². The number of carbonyl (C=O) groups excluding carboxylic acids is 1. The van der Waals surface area contributed by atoms with E-state index in [0.29, 0.717) is 12.5 Å². The normalized spacial score (nSPS) is 20.8. The molecular weight excluding hydrogens is 170 g/mol. The first kappa shape index (κ1) is 10.5. The molecule has 0 aromatic carbocycles. The maximum atomic E-state index is 10.9. The Morgan fingerprint density at radius 1 is 1.69 bits per heavy atom. The van der Waals surface area contributed by atoms with Crippen LogP contribution in [0.4, 0.5) is 0 Å². The number of aliphatic hydroxyl groups is 1. The van der Waals surface area contributed by atoms with Crippen LogP contribution in [-0.2, 0) is 9.53 Å². The topological polar surface area (TPSA) is 58.6 Å². The summed E-state index contributed by atoms with van der Waals surface area (Å²) < 4.78 is 4.54. The molecule has 2 unspecified atom stereocenters. The standard InChI is InChI=1S/C9H17NO3/c1-6(9(12)13-2)10-5-8(11)7-3-4-7/h6-8,10-11H,3-5H2,1-2H3. The Labute approximate surface area is 78.3 Å². The van der Waals surface area contributed by atoms with Crippen LogP contribution in [0, 0.1) is 5.92 Å². The van der Waals surface area contributed by atoms with Crippen molar-refractivity contribution in [2.45, 2.75) is 31.9 Å². The van der Waals surface area contributed by atoms with Crippen molar-refractivity contribution >= 4 is 5.97 Å². The first-order valence-electron chi connectivity index (χ1n) is 4.64. The number of nitrogens with one attached hydrogen (secondary N) is 1. The smallest absolute Gasteiger partial charge is 0.322 e. The highest BCUT2D eigenvalue weighted by Gasteiger charge is 2.29. The van der Waals surface area contributed by atoms with Crippen molar-refractivity contribution in [3.05, 3.63) is 0 Å². The quantitative estimate of drug-likeness (QED) is 0.590. The number of esters is 1. The van der Waals surface area contributed by atoms with Crippen LogP contribution < -0.4 is 5.32 Å². The lowest BCUT2D eigenvalue weighted by molar-refractivity contribution is -0.142. The SMILES string of the molecule is COC(=O)C(C)NCC(O)C1CC1. The summed E-state index contributed by atoms with van der Waals surface area (Å²) in [5.74, 6) is 0.153. The van der Waals surface area contributed by atoms with E-state index >= 15 is 0 Å². The van der Waals surface area contributed by atoms with Crippen molar-refractivity contribution < 1.29 is 14.6 Å². The summed E-state index contributed by atoms with van der Waals surface area (Å²) >= 11 is 0. The summed E-state index contributed by atoms with van der Waals surface area (Å²) in [5.41, 5.74) is 0. The zero-order valence-corrected chi connectivity index (χ0v) is 8.12. The van der Waals surface area contributed by atoms with Gasteiger partial charge in [-0.2, -0.15) is 0 Å². The molecule has 1 saturated carbocycles. The first-order chi connectivity index (χ1) is 6.15. The fraction of sp³-hybridized carbons (Fsp3) is 0.889. The van der Waals surface area contributed by atoms with Crippen LogP contribution in [0.15, 0.2) is 0 Å². The Hall–Kier alpha value is -0.610. The molecule has 1 rings (SSSR count). The number of ether oxygens (including phenoxy) is 1. The third-order valence-corrected chi connectivity index (χ3v) is 2.35. The van der Waals surface area contributed by atoms with E-state index < -0.39 is 0 Å². The molecule has 0 amide bonds. The van der Waals surface area contributed by atoms with E-state index in [2.05, 4.69) is 10.1 Å². The Morgan fingerprint density at radius 3 is 2.77 bits per heavy atom. The van der Waals surface area contributed by atoms with Gasteiger partial charge in [-0.25, -0.2) is 0 Å². The minimum absolute atomic E-state index is 0.289. The second-order valence-electron chi connectivity index (χ2n) is 3.56. The predicted molar refractivity (Wildman–Crippen MR) is 48.2 cm³/mol. The summed E-state index contributed by atoms with van der Waals surface area (Å²) in [7, 11) is 1.36. The molecule has 0 radical (unpaired) electrons. The zero-order chi connectivity index (χ0) is 9.84. The van der Waals surface area contributed by atoms with Crippen molar-refractivity contribution in [2.75, 3.05) is 13.7 Å². The number of hydrogen-bond donors (Lipinski definition) is 2. The van der Waals surface area contributed by atoms with Gasteiger partial charge in [0, 0.05) is 6.54 Å². The molecule has 0 spiro atoms. The fourth-order valence-electron chi connectivity index (χ4n) is 1.21. The van der Waals surface area contributed by atoms with Gasteiger partial charge in [0.1, 0.15) is 6.04 Å². The number of hydrogen-bond acceptors (Lipinski definition) is 4. The molecular formula is C9H17NO3. The molecule has 4 heteroatoms. The van der Waals surface area contributed by atoms with Gasteiger partial charge in [0.2, 0.25) is 0 Å². The molecule has 13 heavy (non-hydrogen) atoms. The van der Waals surface area contributed by atoms with Crippen molar-refractivity contribution in [2.24, 2.45) is 5.92 Å². The molecule has 0 saturated heterocycles. The molecule has 0 aromatic heterocycles. The molecule has 0 heterocycles. The van der Waals surface area contributed by atoms with Crippen LogP contribution in [0.1, 0.15) is 19.8 Å². The summed E-state index contributed by atoms with van der Waals surface area (Å²) in [6, 6.07) is -0.335. The Bertz CT molecular complexity index is 180. The molecule has 4 nitrogen and oxygen atoms in total. The minimum Gasteiger partial charge on any atom is -0.468 e. The van der Waals surface area contributed by atoms with Crippen molar-refractivity contribution in [1.82, 2.24) is 5.32 Å². The molecule has 0 aromatic rings. The van der Waals surface area contributed by atoms with Gasteiger partial charge < -0.3 is 15.2 Å². The predicted octanol–water partition coefficient (Wildman–Crippen LogP) is -0.0916. The van der Waals surface area contributed by atoms with Gasteiger partial charge in [0.05, 0.1) is 13.2 Å². The number of methoxy groups -OCH3 is 1. The molecule has 0 bridgehead atoms. The van der Waals surface area contributed by atoms with Gasteiger partial charge in [0.15, 0.2) is 0 Å². The van der Waals surface area contributed by atoms with Crippen molar-refractivity contribution in [3.63, 3.8) is 0 Å². The van der Waals surface area contributed by atoms with Crippen LogP contribution in [0.2, 0.25) is 0 Å². The van der Waals surface area contributed by atoms with Crippen molar-refractivity contribution in [1.29, 1.82) is 0 Å². The van der Waals surface area contributed by atoms with Crippen LogP contribution in [0.5, 0.6) is 0 Å². The van der Waals surface area contributed by atoms with Crippen LogP contribution >= 0.6 is 0 Å². The minimum atomic E-state index is -0.335. The van der Waals surface area contributed by atoms with E-state index in [1.54, 1.807) is 6.92 Å². The highest BCUT2D eigenvalue weighted by molar-refractivity contribution is 5.75. The van der Waals surface area contributed by atoms with Crippen LogP contribution in [0.25, 0.3) is 0 Å². The van der Waals surface area contributed by atoms with Gasteiger partial charge in [-0.15, -0.1) is 0 Å². The van der Waals surface area contributed by atoms with Crippen LogP contribution in [-0.4, -0.2) is 36.9 Å². The maximum absolute atomic E-state index is 10.9. The summed E-state index contributed by atoms with van der Waals surface area (Å²) in [5, 5.41) is 12.4. The zero-order valence-electron chi connectivity index (χ0n) is 8.12. The molecule has 1 aliphatic rings. The van der Waals surface area contributed by atoms with Gasteiger partial charge in [-0.3, -0.25) is 4.79 Å². The molecule has 2 atom stereocenters. The summed E-state index contributed by atoms with van der Waals surface area (Å²) in [6.45, 7) is 2.20. The van der Waals surface area contributed by atoms with Crippen LogP contribution in [0.3, 0.4) is 0 Å². The number of rotatable bonds is 5. The van der Waals surface area contributed by atoms with Gasteiger partial charge in [0.25, 0.3) is 0 Å². The maximum Gasteiger partial charge on any atom is 0.322 e. The molecule has 1 aliphatic carbocycles. The Balaban J connectivity index is 2.13. The van der Waals surface area contributed by atoms with Gasteiger partial charge in [-0.1, -0.05) is 0 Å². The van der Waals surface area contributed by atoms with E-state index in [9.17, 15) is 9.90 Å². The largest absolute Gasteiger partial charge is 0.468 e. The lowest BCUT2D eigenvalue weighted by Crippen LogP contribution is -2.40. The Kier molecular flexibility index (Phi) is 3.69. The van der Waals surface area contributed by atoms with E-state index in [0.717, 1.165) is 12.8 Å². The van der Waals surface area contributed by atoms with E-state index in [-0.39, 0.29) is 18.1 Å². The summed E-state index contributed by atoms with van der Waals surface area (Å²) in [4.78, 5) is 10.9. The first-order valence-corrected chi connectivity index (χ1v) is 4.64. The lowest BCUT2D eigenvalue weighted by atomic mass is 10.2. The van der Waals surface area contributed by atoms with Crippen molar-refractivity contribution in [3.8, 4) is 0 Å². The molecule has 1 fully saturated rings. The van der Waals surface area contributed by atoms with E-state index in [1.165, 1.54) is 7.11 Å².